The highest BCUT2D eigenvalue weighted by atomic mass is 32.1. The molecular weight excluding hydrogens is 394 g/mol. The van der Waals surface area contributed by atoms with Crippen LogP contribution in [0.1, 0.15) is 25.0 Å². The highest BCUT2D eigenvalue weighted by Gasteiger charge is 2.16. The lowest BCUT2D eigenvalue weighted by molar-refractivity contribution is 0.326. The molecule has 6 heteroatoms. The predicted molar refractivity (Wildman–Crippen MR) is 125 cm³/mol. The third-order valence-electron chi connectivity index (χ3n) is 4.45. The molecule has 3 rings (SSSR count). The fourth-order valence-electron chi connectivity index (χ4n) is 3.09. The monoisotopic (exact) mass is 421 g/mol. The van der Waals surface area contributed by atoms with Crippen molar-refractivity contribution >= 4 is 23.0 Å². The van der Waals surface area contributed by atoms with Crippen LogP contribution in [-0.2, 0) is 13.1 Å². The molecule has 0 radical (unpaired) electrons. The summed E-state index contributed by atoms with van der Waals surface area (Å²) < 4.78 is 11.5. The normalized spacial score (nSPS) is 10.3. The van der Waals surface area contributed by atoms with Gasteiger partial charge in [0.1, 0.15) is 11.5 Å². The number of rotatable bonds is 9. The number of nitrogens with zero attached hydrogens (tertiary/aromatic N) is 2. The van der Waals surface area contributed by atoms with Crippen LogP contribution in [0.15, 0.2) is 73.1 Å². The van der Waals surface area contributed by atoms with Crippen molar-refractivity contribution in [2.75, 3.05) is 18.5 Å². The Balaban J connectivity index is 1.85. The fourth-order valence-corrected chi connectivity index (χ4v) is 3.33. The van der Waals surface area contributed by atoms with Gasteiger partial charge in [0.05, 0.1) is 18.9 Å². The number of pyridine rings is 1. The SMILES string of the molecule is CCOc1ccccc1CN(Cc1cccnc1)C(=S)Nc1ccccc1OCC. The Kier molecular flexibility index (Phi) is 8.03. The average molecular weight is 422 g/mol. The van der Waals surface area contributed by atoms with Crippen LogP contribution in [0, 0.1) is 0 Å². The molecule has 0 atom stereocenters. The van der Waals surface area contributed by atoms with Gasteiger partial charge in [0.15, 0.2) is 5.11 Å². The highest BCUT2D eigenvalue weighted by Crippen LogP contribution is 2.26. The fraction of sp³-hybridized carbons (Fsp3) is 0.250. The van der Waals surface area contributed by atoms with Crippen LogP contribution >= 0.6 is 12.2 Å². The maximum Gasteiger partial charge on any atom is 0.174 e. The summed E-state index contributed by atoms with van der Waals surface area (Å²) in [5, 5.41) is 3.97. The lowest BCUT2D eigenvalue weighted by Crippen LogP contribution is -2.34. The minimum atomic E-state index is 0.590. The maximum absolute atomic E-state index is 5.81. The highest BCUT2D eigenvalue weighted by molar-refractivity contribution is 7.80. The third-order valence-corrected chi connectivity index (χ3v) is 4.81. The molecule has 1 N–H and O–H groups in total. The quantitative estimate of drug-likeness (QED) is 0.475. The summed E-state index contributed by atoms with van der Waals surface area (Å²) in [5.74, 6) is 1.65. The van der Waals surface area contributed by atoms with E-state index in [1.165, 1.54) is 0 Å². The standard InChI is InChI=1S/C24H27N3O2S/c1-3-28-22-13-7-5-11-20(22)18-27(17-19-10-9-15-25-16-19)24(30)26-21-12-6-8-14-23(21)29-4-2/h5-16H,3-4,17-18H2,1-2H3,(H,26,30). The Morgan fingerprint density at radius 1 is 0.900 bits per heavy atom. The largest absolute Gasteiger partial charge is 0.494 e. The first-order valence-corrected chi connectivity index (χ1v) is 10.5. The van der Waals surface area contributed by atoms with Gasteiger partial charge in [-0.15, -0.1) is 0 Å². The number of para-hydroxylation sites is 3. The molecule has 0 aliphatic carbocycles. The van der Waals surface area contributed by atoms with E-state index < -0.39 is 0 Å². The van der Waals surface area contributed by atoms with Crippen molar-refractivity contribution in [2.45, 2.75) is 26.9 Å². The predicted octanol–water partition coefficient (Wildman–Crippen LogP) is 5.28. The molecule has 3 aromatic rings. The van der Waals surface area contributed by atoms with Crippen LogP contribution in [0.25, 0.3) is 0 Å². The van der Waals surface area contributed by atoms with Gasteiger partial charge in [-0.1, -0.05) is 36.4 Å². The number of aromatic nitrogens is 1. The van der Waals surface area contributed by atoms with Crippen LogP contribution in [-0.4, -0.2) is 28.2 Å². The van der Waals surface area contributed by atoms with Gasteiger partial charge in [-0.25, -0.2) is 0 Å². The van der Waals surface area contributed by atoms with E-state index in [1.807, 2.05) is 74.6 Å². The molecule has 0 saturated heterocycles. The number of hydrogen-bond donors (Lipinski definition) is 1. The van der Waals surface area contributed by atoms with Crippen molar-refractivity contribution in [3.05, 3.63) is 84.2 Å². The lowest BCUT2D eigenvalue weighted by Gasteiger charge is -2.27. The molecule has 1 aromatic heterocycles. The molecular formula is C24H27N3O2S. The second kappa shape index (κ2) is 11.2. The van der Waals surface area contributed by atoms with Gasteiger partial charge in [0.25, 0.3) is 0 Å². The summed E-state index contributed by atoms with van der Waals surface area (Å²) in [6.07, 6.45) is 3.63. The van der Waals surface area contributed by atoms with Crippen LogP contribution in [0.2, 0.25) is 0 Å². The number of hydrogen-bond acceptors (Lipinski definition) is 4. The molecule has 0 aliphatic rings. The molecule has 0 spiro atoms. The Hall–Kier alpha value is -3.12. The maximum atomic E-state index is 5.81. The van der Waals surface area contributed by atoms with Crippen molar-refractivity contribution in [3.63, 3.8) is 0 Å². The minimum absolute atomic E-state index is 0.590. The third kappa shape index (κ3) is 5.94. The van der Waals surface area contributed by atoms with Gasteiger partial charge >= 0.3 is 0 Å². The number of anilines is 1. The molecule has 0 aliphatic heterocycles. The summed E-state index contributed by atoms with van der Waals surface area (Å²) >= 11 is 5.81. The van der Waals surface area contributed by atoms with Gasteiger partial charge < -0.3 is 19.7 Å². The van der Waals surface area contributed by atoms with Crippen molar-refractivity contribution in [1.29, 1.82) is 0 Å². The summed E-state index contributed by atoms with van der Waals surface area (Å²) in [4.78, 5) is 6.34. The zero-order chi connectivity index (χ0) is 21.2. The van der Waals surface area contributed by atoms with Crippen LogP contribution in [0.4, 0.5) is 5.69 Å². The van der Waals surface area contributed by atoms with Gasteiger partial charge in [0, 0.05) is 31.0 Å². The van der Waals surface area contributed by atoms with Crippen LogP contribution in [0.3, 0.4) is 0 Å². The molecule has 30 heavy (non-hydrogen) atoms. The Morgan fingerprint density at radius 2 is 1.60 bits per heavy atom. The molecule has 0 unspecified atom stereocenters. The van der Waals surface area contributed by atoms with E-state index in [-0.39, 0.29) is 0 Å². The second-order valence-electron chi connectivity index (χ2n) is 6.62. The van der Waals surface area contributed by atoms with Crippen molar-refractivity contribution < 1.29 is 9.47 Å². The van der Waals surface area contributed by atoms with E-state index in [1.54, 1.807) is 6.20 Å². The second-order valence-corrected chi connectivity index (χ2v) is 7.00. The average Bonchev–Trinajstić information content (AvgIpc) is 2.77. The van der Waals surface area contributed by atoms with Crippen LogP contribution < -0.4 is 14.8 Å². The van der Waals surface area contributed by atoms with E-state index in [9.17, 15) is 0 Å². The van der Waals surface area contributed by atoms with Gasteiger partial charge in [-0.2, -0.15) is 0 Å². The number of thiocarbonyl (C=S) groups is 1. The topological polar surface area (TPSA) is 46.6 Å². The number of ether oxygens (including phenoxy) is 2. The van der Waals surface area contributed by atoms with Crippen LogP contribution in [0.5, 0.6) is 11.5 Å². The minimum Gasteiger partial charge on any atom is -0.494 e. The van der Waals surface area contributed by atoms with Gasteiger partial charge in [-0.3, -0.25) is 4.98 Å². The van der Waals surface area contributed by atoms with E-state index in [0.717, 1.165) is 28.3 Å². The molecule has 156 valence electrons. The van der Waals surface area contributed by atoms with Crippen molar-refractivity contribution in [1.82, 2.24) is 9.88 Å². The lowest BCUT2D eigenvalue weighted by atomic mass is 10.1. The van der Waals surface area contributed by atoms with Crippen molar-refractivity contribution in [3.8, 4) is 11.5 Å². The first-order valence-electron chi connectivity index (χ1n) is 10.1. The van der Waals surface area contributed by atoms with E-state index in [4.69, 9.17) is 21.7 Å². The Morgan fingerprint density at radius 3 is 2.33 bits per heavy atom. The van der Waals surface area contributed by atoms with E-state index in [0.29, 0.717) is 31.4 Å². The van der Waals surface area contributed by atoms with Crippen molar-refractivity contribution in [2.24, 2.45) is 0 Å². The van der Waals surface area contributed by atoms with E-state index in [2.05, 4.69) is 21.3 Å². The van der Waals surface area contributed by atoms with E-state index >= 15 is 0 Å². The number of benzene rings is 2. The smallest absolute Gasteiger partial charge is 0.174 e. The zero-order valence-corrected chi connectivity index (χ0v) is 18.2. The summed E-state index contributed by atoms with van der Waals surface area (Å²) in [6, 6.07) is 19.8. The molecule has 0 amide bonds. The molecule has 2 aromatic carbocycles. The van der Waals surface area contributed by atoms with Gasteiger partial charge in [-0.05, 0) is 55.9 Å². The Labute approximate surface area is 183 Å². The molecule has 0 saturated carbocycles. The van der Waals surface area contributed by atoms with Gasteiger partial charge in [0.2, 0.25) is 0 Å². The summed E-state index contributed by atoms with van der Waals surface area (Å²) in [6.45, 7) is 6.39. The molecule has 0 fully saturated rings. The first kappa shape index (κ1) is 21.6. The Bertz CT molecular complexity index is 950. The zero-order valence-electron chi connectivity index (χ0n) is 17.4. The molecule has 5 nitrogen and oxygen atoms in total. The summed E-state index contributed by atoms with van der Waals surface area (Å²) in [7, 11) is 0. The number of nitrogens with one attached hydrogen (secondary N) is 1. The first-order chi connectivity index (χ1) is 14.7. The molecule has 0 bridgehead atoms. The summed E-state index contributed by atoms with van der Waals surface area (Å²) in [5.41, 5.74) is 3.00. The molecule has 1 heterocycles.